The Morgan fingerprint density at radius 2 is 2.00 bits per heavy atom. The topological polar surface area (TPSA) is 53.3 Å². The lowest BCUT2D eigenvalue weighted by Gasteiger charge is -2.22. The van der Waals surface area contributed by atoms with E-state index in [4.69, 9.17) is 10.00 Å². The second-order valence-corrected chi connectivity index (χ2v) is 3.14. The summed E-state index contributed by atoms with van der Waals surface area (Å²) in [6, 6.07) is 8.63. The summed E-state index contributed by atoms with van der Waals surface area (Å²) < 4.78 is 4.94. The number of hydrogen-bond donors (Lipinski definition) is 0. The van der Waals surface area contributed by atoms with Crippen molar-refractivity contribution in [2.45, 2.75) is 13.8 Å². The Bertz CT molecular complexity index is 406. The lowest BCUT2D eigenvalue weighted by atomic mass is 10.2. The van der Waals surface area contributed by atoms with Crippen LogP contribution in [-0.4, -0.2) is 19.1 Å². The molecule has 0 N–H and O–H groups in total. The maximum absolute atomic E-state index is 10.9. The molecule has 0 aliphatic carbocycles. The first kappa shape index (κ1) is 12.1. The van der Waals surface area contributed by atoms with Crippen LogP contribution in [0.3, 0.4) is 0 Å². The van der Waals surface area contributed by atoms with E-state index < -0.39 is 5.97 Å². The Morgan fingerprint density at radius 3 is 2.56 bits per heavy atom. The van der Waals surface area contributed by atoms with Crippen molar-refractivity contribution in [1.29, 1.82) is 5.26 Å². The minimum atomic E-state index is -0.889. The van der Waals surface area contributed by atoms with Crippen molar-refractivity contribution in [3.63, 3.8) is 0 Å². The standard InChI is InChI=1S/C12H14N2O2/c1-3-14(4-2)10-7-5-6-8-11(10)16-12(15)9-13/h5-8H,3-4H2,1-2H3. The zero-order valence-electron chi connectivity index (χ0n) is 9.43. The third kappa shape index (κ3) is 2.74. The highest BCUT2D eigenvalue weighted by molar-refractivity contribution is 5.88. The van der Waals surface area contributed by atoms with Crippen LogP contribution in [0.5, 0.6) is 5.75 Å². The molecule has 0 saturated carbocycles. The molecule has 0 aliphatic rings. The lowest BCUT2D eigenvalue weighted by molar-refractivity contribution is -0.128. The molecule has 0 saturated heterocycles. The van der Waals surface area contributed by atoms with E-state index in [-0.39, 0.29) is 0 Å². The average molecular weight is 218 g/mol. The molecule has 0 unspecified atom stereocenters. The van der Waals surface area contributed by atoms with Crippen molar-refractivity contribution in [1.82, 2.24) is 0 Å². The summed E-state index contributed by atoms with van der Waals surface area (Å²) in [6.45, 7) is 5.67. The molecule has 1 aromatic rings. The molecule has 0 radical (unpaired) electrons. The molecular weight excluding hydrogens is 204 g/mol. The number of benzene rings is 1. The molecule has 16 heavy (non-hydrogen) atoms. The summed E-state index contributed by atoms with van der Waals surface area (Å²) in [4.78, 5) is 13.0. The fourth-order valence-electron chi connectivity index (χ4n) is 1.49. The minimum absolute atomic E-state index is 0.428. The molecule has 0 bridgehead atoms. The highest BCUT2D eigenvalue weighted by Crippen LogP contribution is 2.27. The fourth-order valence-corrected chi connectivity index (χ4v) is 1.49. The van der Waals surface area contributed by atoms with Gasteiger partial charge in [-0.3, -0.25) is 0 Å². The highest BCUT2D eigenvalue weighted by atomic mass is 16.5. The van der Waals surface area contributed by atoms with E-state index in [1.807, 2.05) is 26.0 Å². The van der Waals surface area contributed by atoms with Gasteiger partial charge in [0.15, 0.2) is 11.8 Å². The SMILES string of the molecule is CCN(CC)c1ccccc1OC(=O)C#N. The van der Waals surface area contributed by atoms with Crippen molar-refractivity contribution in [3.8, 4) is 11.8 Å². The Kier molecular flexibility index (Phi) is 4.34. The number of rotatable bonds is 4. The van der Waals surface area contributed by atoms with Crippen LogP contribution in [0.2, 0.25) is 0 Å². The predicted molar refractivity (Wildman–Crippen MR) is 61.3 cm³/mol. The van der Waals surface area contributed by atoms with E-state index in [1.165, 1.54) is 6.07 Å². The van der Waals surface area contributed by atoms with Gasteiger partial charge in [-0.25, -0.2) is 4.79 Å². The van der Waals surface area contributed by atoms with Crippen LogP contribution in [0.15, 0.2) is 24.3 Å². The molecule has 84 valence electrons. The quantitative estimate of drug-likeness (QED) is 0.440. The van der Waals surface area contributed by atoms with Gasteiger partial charge in [-0.05, 0) is 26.0 Å². The summed E-state index contributed by atoms with van der Waals surface area (Å²) in [5, 5.41) is 8.40. The molecule has 1 aromatic carbocycles. The lowest BCUT2D eigenvalue weighted by Crippen LogP contribution is -2.23. The molecule has 0 fully saturated rings. The first-order valence-corrected chi connectivity index (χ1v) is 5.18. The zero-order chi connectivity index (χ0) is 12.0. The normalized spacial score (nSPS) is 9.31. The van der Waals surface area contributed by atoms with Crippen molar-refractivity contribution < 1.29 is 9.53 Å². The number of esters is 1. The summed E-state index contributed by atoms with van der Waals surface area (Å²) >= 11 is 0. The van der Waals surface area contributed by atoms with Crippen molar-refractivity contribution >= 4 is 11.7 Å². The van der Waals surface area contributed by atoms with Crippen molar-refractivity contribution in [2.75, 3.05) is 18.0 Å². The molecule has 4 nitrogen and oxygen atoms in total. The summed E-state index contributed by atoms with van der Waals surface area (Å²) in [7, 11) is 0. The fraction of sp³-hybridized carbons (Fsp3) is 0.333. The Balaban J connectivity index is 3.00. The third-order valence-corrected chi connectivity index (χ3v) is 2.26. The van der Waals surface area contributed by atoms with E-state index >= 15 is 0 Å². The van der Waals surface area contributed by atoms with Gasteiger partial charge in [0.2, 0.25) is 0 Å². The van der Waals surface area contributed by atoms with E-state index in [9.17, 15) is 4.79 Å². The monoisotopic (exact) mass is 218 g/mol. The number of hydrogen-bond acceptors (Lipinski definition) is 4. The number of anilines is 1. The molecule has 0 amide bonds. The minimum Gasteiger partial charge on any atom is -0.413 e. The van der Waals surface area contributed by atoms with Crippen LogP contribution in [0.1, 0.15) is 13.8 Å². The predicted octanol–water partition coefficient (Wildman–Crippen LogP) is 1.96. The number of para-hydroxylation sites is 2. The molecule has 0 aliphatic heterocycles. The molecule has 0 heterocycles. The number of nitriles is 1. The Hall–Kier alpha value is -2.02. The highest BCUT2D eigenvalue weighted by Gasteiger charge is 2.11. The van der Waals surface area contributed by atoms with Crippen LogP contribution in [0.4, 0.5) is 5.69 Å². The third-order valence-electron chi connectivity index (χ3n) is 2.26. The van der Waals surface area contributed by atoms with Crippen molar-refractivity contribution in [3.05, 3.63) is 24.3 Å². The average Bonchev–Trinajstić information content (AvgIpc) is 2.32. The van der Waals surface area contributed by atoms with Gasteiger partial charge in [-0.1, -0.05) is 12.1 Å². The second kappa shape index (κ2) is 5.76. The first-order valence-electron chi connectivity index (χ1n) is 5.18. The molecular formula is C12H14N2O2. The van der Waals surface area contributed by atoms with Crippen molar-refractivity contribution in [2.24, 2.45) is 0 Å². The van der Waals surface area contributed by atoms with Gasteiger partial charge in [0.1, 0.15) is 0 Å². The summed E-state index contributed by atoms with van der Waals surface area (Å²) in [5.41, 5.74) is 0.830. The molecule has 4 heteroatoms. The van der Waals surface area contributed by atoms with Crippen LogP contribution in [-0.2, 0) is 4.79 Å². The number of nitrogens with zero attached hydrogens (tertiary/aromatic N) is 2. The van der Waals surface area contributed by atoms with Gasteiger partial charge in [0.05, 0.1) is 5.69 Å². The maximum Gasteiger partial charge on any atom is 0.416 e. The Labute approximate surface area is 95.0 Å². The number of carbonyl (C=O) groups excluding carboxylic acids is 1. The number of ether oxygens (including phenoxy) is 1. The largest absolute Gasteiger partial charge is 0.416 e. The summed E-state index contributed by atoms with van der Waals surface area (Å²) in [5.74, 6) is -0.461. The van der Waals surface area contributed by atoms with Crippen LogP contribution in [0, 0.1) is 11.3 Å². The van der Waals surface area contributed by atoms with Crippen LogP contribution < -0.4 is 9.64 Å². The number of carbonyl (C=O) groups is 1. The molecule has 0 spiro atoms. The van der Waals surface area contributed by atoms with Gasteiger partial charge in [0, 0.05) is 13.1 Å². The summed E-state index contributed by atoms with van der Waals surface area (Å²) in [6.07, 6.45) is 0. The molecule has 1 rings (SSSR count). The second-order valence-electron chi connectivity index (χ2n) is 3.14. The first-order chi connectivity index (χ1) is 7.72. The van der Waals surface area contributed by atoms with Gasteiger partial charge in [-0.2, -0.15) is 5.26 Å². The molecule has 0 atom stereocenters. The zero-order valence-corrected chi connectivity index (χ0v) is 9.43. The smallest absolute Gasteiger partial charge is 0.413 e. The maximum atomic E-state index is 10.9. The van der Waals surface area contributed by atoms with Crippen LogP contribution in [0.25, 0.3) is 0 Å². The molecule has 0 aromatic heterocycles. The van der Waals surface area contributed by atoms with E-state index in [1.54, 1.807) is 12.1 Å². The van der Waals surface area contributed by atoms with E-state index in [2.05, 4.69) is 4.90 Å². The van der Waals surface area contributed by atoms with Gasteiger partial charge >= 0.3 is 5.97 Å². The van der Waals surface area contributed by atoms with Gasteiger partial charge in [0.25, 0.3) is 0 Å². The Morgan fingerprint density at radius 1 is 1.38 bits per heavy atom. The van der Waals surface area contributed by atoms with Gasteiger partial charge < -0.3 is 9.64 Å². The van der Waals surface area contributed by atoms with Crippen LogP contribution >= 0.6 is 0 Å². The van der Waals surface area contributed by atoms with E-state index in [0.29, 0.717) is 5.75 Å². The van der Waals surface area contributed by atoms with E-state index in [0.717, 1.165) is 18.8 Å². The van der Waals surface area contributed by atoms with Gasteiger partial charge in [-0.15, -0.1) is 0 Å².